The van der Waals surface area contributed by atoms with E-state index in [9.17, 15) is 0 Å². The molecule has 0 bridgehead atoms. The Morgan fingerprint density at radius 3 is 1.45 bits per heavy atom. The lowest BCUT2D eigenvalue weighted by atomic mass is 10.2. The summed E-state index contributed by atoms with van der Waals surface area (Å²) < 4.78 is 0. The van der Waals surface area contributed by atoms with Crippen LogP contribution in [0.4, 0.5) is 0 Å². The molecule has 6 rings (SSSR count). The molecule has 0 unspecified atom stereocenters. The van der Waals surface area contributed by atoms with E-state index in [-0.39, 0.29) is 0 Å². The van der Waals surface area contributed by atoms with Gasteiger partial charge in [0, 0.05) is 27.5 Å². The van der Waals surface area contributed by atoms with Gasteiger partial charge in [-0.05, 0) is 0 Å². The zero-order valence-electron chi connectivity index (χ0n) is 17.4. The highest BCUT2D eigenvalue weighted by atomic mass is 32.1. The zero-order chi connectivity index (χ0) is 22.0. The Morgan fingerprint density at radius 1 is 0.455 bits per heavy atom. The van der Waals surface area contributed by atoms with Gasteiger partial charge in [0.05, 0.1) is 10.6 Å². The maximum Gasteiger partial charge on any atom is 0.124 e. The van der Waals surface area contributed by atoms with Crippen molar-refractivity contribution in [2.24, 2.45) is 0 Å². The first-order valence-electron chi connectivity index (χ1n) is 10.4. The van der Waals surface area contributed by atoms with Crippen molar-refractivity contribution >= 4 is 34.0 Å². The van der Waals surface area contributed by atoms with E-state index in [2.05, 4.69) is 47.2 Å². The molecule has 0 aliphatic carbocycles. The van der Waals surface area contributed by atoms with Crippen LogP contribution in [0.2, 0.25) is 0 Å². The van der Waals surface area contributed by atoms with Crippen LogP contribution < -0.4 is 0 Å². The third kappa shape index (κ3) is 4.04. The van der Waals surface area contributed by atoms with E-state index in [0.717, 1.165) is 53.7 Å². The monoisotopic (exact) mass is 479 g/mol. The largest absolute Gasteiger partial charge is 0.235 e. The zero-order valence-corrected chi connectivity index (χ0v) is 19.8. The summed E-state index contributed by atoms with van der Waals surface area (Å²) in [7, 11) is 0. The third-order valence-corrected chi connectivity index (χ3v) is 8.08. The van der Waals surface area contributed by atoms with Crippen LogP contribution in [-0.4, -0.2) is 15.0 Å². The molecule has 0 saturated heterocycles. The Labute approximate surface area is 203 Å². The Hall–Kier alpha value is -3.45. The summed E-state index contributed by atoms with van der Waals surface area (Å²) in [5, 5.41) is 7.20. The minimum Gasteiger partial charge on any atom is -0.235 e. The van der Waals surface area contributed by atoms with Gasteiger partial charge in [-0.1, -0.05) is 91.0 Å². The van der Waals surface area contributed by atoms with Crippen LogP contribution in [0, 0.1) is 0 Å². The first-order valence-corrected chi connectivity index (χ1v) is 13.0. The third-order valence-electron chi connectivity index (χ3n) is 5.17. The molecule has 3 aromatic heterocycles. The fraction of sp³-hybridized carbons (Fsp3) is 0. The Morgan fingerprint density at radius 2 is 0.909 bits per heavy atom. The number of nitrogens with zero attached hydrogens (tertiary/aromatic N) is 3. The topological polar surface area (TPSA) is 38.7 Å². The average Bonchev–Trinajstić information content (AvgIpc) is 3.65. The fourth-order valence-corrected chi connectivity index (χ4v) is 6.30. The van der Waals surface area contributed by atoms with Crippen LogP contribution in [0.15, 0.2) is 102 Å². The van der Waals surface area contributed by atoms with E-state index in [1.54, 1.807) is 34.0 Å². The van der Waals surface area contributed by atoms with Crippen molar-refractivity contribution in [1.29, 1.82) is 0 Å². The molecule has 0 radical (unpaired) electrons. The normalized spacial score (nSPS) is 11.0. The molecule has 33 heavy (non-hydrogen) atoms. The van der Waals surface area contributed by atoms with Crippen LogP contribution in [-0.2, 0) is 0 Å². The van der Waals surface area contributed by atoms with Crippen molar-refractivity contribution < 1.29 is 0 Å². The van der Waals surface area contributed by atoms with E-state index in [0.29, 0.717) is 0 Å². The van der Waals surface area contributed by atoms with Gasteiger partial charge in [0.15, 0.2) is 0 Å². The summed E-state index contributed by atoms with van der Waals surface area (Å²) in [5.74, 6) is 0. The van der Waals surface area contributed by atoms with Crippen molar-refractivity contribution in [3.05, 3.63) is 102 Å². The second kappa shape index (κ2) is 8.83. The second-order valence-corrected chi connectivity index (χ2v) is 10.1. The van der Waals surface area contributed by atoms with Crippen LogP contribution in [0.3, 0.4) is 0 Å². The quantitative estimate of drug-likeness (QED) is 0.249. The molecule has 6 aromatic rings. The van der Waals surface area contributed by atoms with Gasteiger partial charge in [-0.15, -0.1) is 34.0 Å². The van der Waals surface area contributed by atoms with Gasteiger partial charge in [0.2, 0.25) is 0 Å². The molecule has 3 heterocycles. The molecule has 0 atom stereocenters. The fourth-order valence-electron chi connectivity index (χ4n) is 3.56. The van der Waals surface area contributed by atoms with Gasteiger partial charge in [0.25, 0.3) is 0 Å². The summed E-state index contributed by atoms with van der Waals surface area (Å²) in [6.45, 7) is 0. The molecule has 0 spiro atoms. The van der Waals surface area contributed by atoms with Gasteiger partial charge in [-0.2, -0.15) is 0 Å². The predicted octanol–water partition coefficient (Wildman–Crippen LogP) is 8.39. The van der Waals surface area contributed by atoms with Crippen molar-refractivity contribution in [2.75, 3.05) is 0 Å². The second-order valence-electron chi connectivity index (χ2n) is 7.37. The standard InChI is InChI=1S/C27H17N3S3/c1-4-10-18(11-5-1)25-28-21(16-31-25)23-24(33-27(30-23)20-14-8-3-9-15-20)22-17-32-26(29-22)19-12-6-2-7-13-19/h1-17H. The van der Waals surface area contributed by atoms with Gasteiger partial charge >= 0.3 is 0 Å². The number of thiazole rings is 3. The Bertz CT molecular complexity index is 1410. The van der Waals surface area contributed by atoms with E-state index >= 15 is 0 Å². The molecular formula is C27H17N3S3. The molecule has 0 amide bonds. The smallest absolute Gasteiger partial charge is 0.124 e. The van der Waals surface area contributed by atoms with Gasteiger partial charge < -0.3 is 0 Å². The number of hydrogen-bond donors (Lipinski definition) is 0. The average molecular weight is 480 g/mol. The molecule has 0 aliphatic heterocycles. The minimum absolute atomic E-state index is 0.890. The molecule has 158 valence electrons. The van der Waals surface area contributed by atoms with Crippen LogP contribution in [0.1, 0.15) is 0 Å². The van der Waals surface area contributed by atoms with Crippen LogP contribution >= 0.6 is 34.0 Å². The van der Waals surface area contributed by atoms with E-state index in [1.807, 2.05) is 54.6 Å². The van der Waals surface area contributed by atoms with Crippen LogP contribution in [0.5, 0.6) is 0 Å². The van der Waals surface area contributed by atoms with Crippen molar-refractivity contribution in [3.63, 3.8) is 0 Å². The lowest BCUT2D eigenvalue weighted by Gasteiger charge is -1.97. The maximum atomic E-state index is 5.04. The van der Waals surface area contributed by atoms with E-state index in [4.69, 9.17) is 15.0 Å². The van der Waals surface area contributed by atoms with Crippen molar-refractivity contribution in [1.82, 2.24) is 15.0 Å². The molecule has 3 aromatic carbocycles. The molecule has 0 fully saturated rings. The molecule has 0 aliphatic rings. The van der Waals surface area contributed by atoms with E-state index in [1.165, 1.54) is 0 Å². The highest BCUT2D eigenvalue weighted by Crippen LogP contribution is 2.42. The predicted molar refractivity (Wildman–Crippen MR) is 141 cm³/mol. The molecule has 0 N–H and O–H groups in total. The Kier molecular flexibility index (Phi) is 5.40. The maximum absolute atomic E-state index is 5.04. The van der Waals surface area contributed by atoms with Crippen molar-refractivity contribution in [3.8, 4) is 53.7 Å². The van der Waals surface area contributed by atoms with Gasteiger partial charge in [0.1, 0.15) is 26.4 Å². The molecular weight excluding hydrogens is 463 g/mol. The summed E-state index contributed by atoms with van der Waals surface area (Å²) in [4.78, 5) is 16.0. The summed E-state index contributed by atoms with van der Waals surface area (Å²) >= 11 is 4.97. The highest BCUT2D eigenvalue weighted by molar-refractivity contribution is 7.19. The SMILES string of the molecule is c1ccc(-c2nc(-c3nc(-c4ccccc4)sc3-c3csc(-c4ccccc4)n3)cs2)cc1. The van der Waals surface area contributed by atoms with E-state index < -0.39 is 0 Å². The van der Waals surface area contributed by atoms with Gasteiger partial charge in [-0.3, -0.25) is 0 Å². The lowest BCUT2D eigenvalue weighted by Crippen LogP contribution is -1.84. The molecule has 0 saturated carbocycles. The number of benzene rings is 3. The lowest BCUT2D eigenvalue weighted by molar-refractivity contribution is 1.32. The molecule has 3 nitrogen and oxygen atoms in total. The van der Waals surface area contributed by atoms with Gasteiger partial charge in [-0.25, -0.2) is 15.0 Å². The van der Waals surface area contributed by atoms with Crippen LogP contribution in [0.25, 0.3) is 53.7 Å². The number of rotatable bonds is 5. The molecule has 6 heteroatoms. The Balaban J connectivity index is 1.46. The first-order chi connectivity index (χ1) is 16.3. The number of hydrogen-bond acceptors (Lipinski definition) is 6. The summed E-state index contributed by atoms with van der Waals surface area (Å²) in [5.41, 5.74) is 6.08. The number of aromatic nitrogens is 3. The highest BCUT2D eigenvalue weighted by Gasteiger charge is 2.21. The summed E-state index contributed by atoms with van der Waals surface area (Å²) in [6, 6.07) is 30.9. The summed E-state index contributed by atoms with van der Waals surface area (Å²) in [6.07, 6.45) is 0. The minimum atomic E-state index is 0.890. The van der Waals surface area contributed by atoms with Crippen molar-refractivity contribution in [2.45, 2.75) is 0 Å². The first kappa shape index (κ1) is 20.2.